The van der Waals surface area contributed by atoms with Crippen LogP contribution >= 0.6 is 11.8 Å². The Bertz CT molecular complexity index is 1300. The SMILES string of the molecule is Cc1cc(C)cc(N2C(=O)CSC23C(=O)N(Cc2cccc(C(F)(F)F)c2)c2ccccc23)c1. The van der Waals surface area contributed by atoms with Crippen LogP contribution in [0.5, 0.6) is 0 Å². The lowest BCUT2D eigenvalue weighted by Crippen LogP contribution is -2.49. The number of alkyl halides is 3. The van der Waals surface area contributed by atoms with E-state index >= 15 is 0 Å². The van der Waals surface area contributed by atoms with Crippen LogP contribution in [0.2, 0.25) is 0 Å². The molecule has 0 bridgehead atoms. The van der Waals surface area contributed by atoms with Crippen molar-refractivity contribution in [3.8, 4) is 0 Å². The number of hydrogen-bond donors (Lipinski definition) is 0. The summed E-state index contributed by atoms with van der Waals surface area (Å²) < 4.78 is 39.8. The van der Waals surface area contributed by atoms with E-state index in [4.69, 9.17) is 0 Å². The van der Waals surface area contributed by atoms with Crippen molar-refractivity contribution in [2.45, 2.75) is 31.4 Å². The van der Waals surface area contributed by atoms with Gasteiger partial charge >= 0.3 is 6.18 Å². The molecule has 0 radical (unpaired) electrons. The number of thioether (sulfide) groups is 1. The number of carbonyl (C=O) groups is 2. The number of halogens is 3. The molecule has 34 heavy (non-hydrogen) atoms. The van der Waals surface area contributed by atoms with Crippen molar-refractivity contribution in [2.24, 2.45) is 0 Å². The minimum Gasteiger partial charge on any atom is -0.304 e. The lowest BCUT2D eigenvalue weighted by atomic mass is 10.0. The molecule has 0 aliphatic carbocycles. The quantitative estimate of drug-likeness (QED) is 0.474. The second-order valence-electron chi connectivity index (χ2n) is 8.61. The first-order chi connectivity index (χ1) is 16.1. The smallest absolute Gasteiger partial charge is 0.304 e. The normalized spacial score (nSPS) is 19.9. The number of amides is 2. The summed E-state index contributed by atoms with van der Waals surface area (Å²) in [6.45, 7) is 3.83. The van der Waals surface area contributed by atoms with Crippen LogP contribution in [0.4, 0.5) is 24.5 Å². The van der Waals surface area contributed by atoms with E-state index in [1.54, 1.807) is 23.1 Å². The number of para-hydroxylation sites is 1. The molecule has 5 rings (SSSR count). The highest BCUT2D eigenvalue weighted by molar-refractivity contribution is 8.02. The first kappa shape index (κ1) is 22.5. The van der Waals surface area contributed by atoms with Crippen LogP contribution in [0.1, 0.15) is 27.8 Å². The predicted molar refractivity (Wildman–Crippen MR) is 127 cm³/mol. The van der Waals surface area contributed by atoms with Gasteiger partial charge in [-0.1, -0.05) is 36.4 Å². The van der Waals surface area contributed by atoms with E-state index in [2.05, 4.69) is 0 Å². The molecular weight excluding hydrogens is 461 g/mol. The van der Waals surface area contributed by atoms with Crippen LogP contribution in [0, 0.1) is 13.8 Å². The molecule has 3 aromatic carbocycles. The fraction of sp³-hybridized carbons (Fsp3) is 0.231. The van der Waals surface area contributed by atoms with Crippen LogP contribution in [-0.4, -0.2) is 17.6 Å². The van der Waals surface area contributed by atoms with Crippen molar-refractivity contribution >= 4 is 35.0 Å². The molecule has 1 unspecified atom stereocenters. The van der Waals surface area contributed by atoms with Gasteiger partial charge in [-0.15, -0.1) is 11.8 Å². The van der Waals surface area contributed by atoms with Gasteiger partial charge in [0, 0.05) is 11.3 Å². The molecule has 1 atom stereocenters. The second kappa shape index (κ2) is 7.91. The first-order valence-corrected chi connectivity index (χ1v) is 11.7. The van der Waals surface area contributed by atoms with Gasteiger partial charge in [-0.3, -0.25) is 14.5 Å². The molecule has 2 aliphatic rings. The third kappa shape index (κ3) is 3.48. The zero-order valence-electron chi connectivity index (χ0n) is 18.5. The van der Waals surface area contributed by atoms with E-state index in [0.717, 1.165) is 23.3 Å². The number of anilines is 2. The van der Waals surface area contributed by atoms with Gasteiger partial charge in [0.25, 0.3) is 5.91 Å². The highest BCUT2D eigenvalue weighted by atomic mass is 32.2. The lowest BCUT2D eigenvalue weighted by Gasteiger charge is -2.33. The Kier molecular flexibility index (Phi) is 5.24. The summed E-state index contributed by atoms with van der Waals surface area (Å²) in [5.41, 5.74) is 3.44. The van der Waals surface area contributed by atoms with Crippen molar-refractivity contribution in [3.63, 3.8) is 0 Å². The Labute approximate surface area is 199 Å². The van der Waals surface area contributed by atoms with Gasteiger partial charge in [0.15, 0.2) is 0 Å². The van der Waals surface area contributed by atoms with E-state index in [1.807, 2.05) is 44.2 Å². The number of benzene rings is 3. The third-order valence-corrected chi connectivity index (χ3v) is 7.51. The highest BCUT2D eigenvalue weighted by Crippen LogP contribution is 2.56. The highest BCUT2D eigenvalue weighted by Gasteiger charge is 2.61. The Hall–Kier alpha value is -3.26. The van der Waals surface area contributed by atoms with E-state index in [-0.39, 0.29) is 24.1 Å². The van der Waals surface area contributed by atoms with Gasteiger partial charge in [-0.2, -0.15) is 13.2 Å². The molecular formula is C26H21F3N2O2S. The molecule has 2 aliphatic heterocycles. The average molecular weight is 483 g/mol. The summed E-state index contributed by atoms with van der Waals surface area (Å²) in [4.78, 5) is 29.0. The molecule has 1 fully saturated rings. The van der Waals surface area contributed by atoms with Gasteiger partial charge in [-0.25, -0.2) is 0 Å². The molecule has 3 aromatic rings. The Balaban J connectivity index is 1.62. The first-order valence-electron chi connectivity index (χ1n) is 10.7. The van der Waals surface area contributed by atoms with Crippen molar-refractivity contribution in [1.82, 2.24) is 0 Å². The van der Waals surface area contributed by atoms with E-state index in [0.29, 0.717) is 22.5 Å². The van der Waals surface area contributed by atoms with E-state index in [1.165, 1.54) is 22.7 Å². The minimum atomic E-state index is -4.47. The molecule has 0 saturated carbocycles. The molecule has 1 spiro atoms. The summed E-state index contributed by atoms with van der Waals surface area (Å²) in [6.07, 6.45) is -4.47. The summed E-state index contributed by atoms with van der Waals surface area (Å²) in [5.74, 6) is -0.384. The van der Waals surface area contributed by atoms with Crippen LogP contribution in [0.3, 0.4) is 0 Å². The van der Waals surface area contributed by atoms with E-state index < -0.39 is 16.6 Å². The Morgan fingerprint density at radius 2 is 1.65 bits per heavy atom. The van der Waals surface area contributed by atoms with Crippen molar-refractivity contribution in [3.05, 3.63) is 94.5 Å². The van der Waals surface area contributed by atoms with Gasteiger partial charge in [0.2, 0.25) is 10.8 Å². The van der Waals surface area contributed by atoms with Crippen LogP contribution in [-0.2, 0) is 27.2 Å². The Morgan fingerprint density at radius 3 is 2.35 bits per heavy atom. The van der Waals surface area contributed by atoms with Gasteiger partial charge < -0.3 is 4.90 Å². The Morgan fingerprint density at radius 1 is 0.941 bits per heavy atom. The number of nitrogens with zero attached hydrogens (tertiary/aromatic N) is 2. The zero-order valence-corrected chi connectivity index (χ0v) is 19.3. The molecule has 8 heteroatoms. The number of aryl methyl sites for hydroxylation is 2. The minimum absolute atomic E-state index is 0.0308. The molecule has 0 aromatic heterocycles. The predicted octanol–water partition coefficient (Wildman–Crippen LogP) is 5.80. The van der Waals surface area contributed by atoms with Crippen LogP contribution in [0.25, 0.3) is 0 Å². The largest absolute Gasteiger partial charge is 0.416 e. The maximum absolute atomic E-state index is 14.1. The van der Waals surface area contributed by atoms with E-state index in [9.17, 15) is 22.8 Å². The monoisotopic (exact) mass is 482 g/mol. The molecule has 2 heterocycles. The molecule has 4 nitrogen and oxygen atoms in total. The standard InChI is InChI=1S/C26H21F3N2O2S/c1-16-10-17(2)12-20(11-16)31-23(32)15-34-25(31)21-8-3-4-9-22(21)30(24(25)33)14-18-6-5-7-19(13-18)26(27,28)29/h3-13H,14-15H2,1-2H3. The van der Waals surface area contributed by atoms with Crippen molar-refractivity contribution in [1.29, 1.82) is 0 Å². The van der Waals surface area contributed by atoms with Crippen molar-refractivity contribution < 1.29 is 22.8 Å². The zero-order chi connectivity index (χ0) is 24.3. The molecule has 2 amide bonds. The molecule has 0 N–H and O–H groups in total. The molecule has 1 saturated heterocycles. The van der Waals surface area contributed by atoms with Crippen LogP contribution < -0.4 is 9.80 Å². The van der Waals surface area contributed by atoms with Crippen LogP contribution in [0.15, 0.2) is 66.7 Å². The fourth-order valence-electron chi connectivity index (χ4n) is 4.82. The molecule has 174 valence electrons. The second-order valence-corrected chi connectivity index (χ2v) is 9.78. The van der Waals surface area contributed by atoms with Crippen molar-refractivity contribution in [2.75, 3.05) is 15.6 Å². The third-order valence-electron chi connectivity index (χ3n) is 6.12. The maximum atomic E-state index is 14.1. The van der Waals surface area contributed by atoms with Gasteiger partial charge in [0.05, 0.1) is 23.5 Å². The number of rotatable bonds is 3. The van der Waals surface area contributed by atoms with Gasteiger partial charge in [-0.05, 0) is 60.9 Å². The summed E-state index contributed by atoms with van der Waals surface area (Å²) >= 11 is 1.25. The maximum Gasteiger partial charge on any atom is 0.416 e. The fourth-order valence-corrected chi connectivity index (χ4v) is 6.18. The number of carbonyl (C=O) groups excluding carboxylic acids is 2. The lowest BCUT2D eigenvalue weighted by molar-refractivity contribution is -0.137. The average Bonchev–Trinajstić information content (AvgIpc) is 3.24. The number of fused-ring (bicyclic) bond motifs is 2. The summed E-state index contributed by atoms with van der Waals surface area (Å²) in [7, 11) is 0. The topological polar surface area (TPSA) is 40.6 Å². The summed E-state index contributed by atoms with van der Waals surface area (Å²) in [6, 6.07) is 17.9. The van der Waals surface area contributed by atoms with Gasteiger partial charge in [0.1, 0.15) is 0 Å². The number of hydrogen-bond acceptors (Lipinski definition) is 3. The summed E-state index contributed by atoms with van der Waals surface area (Å²) in [5, 5.41) is 0.